The summed E-state index contributed by atoms with van der Waals surface area (Å²) in [4.78, 5) is 11.2. The molecule has 7 heteroatoms. The van der Waals surface area contributed by atoms with Crippen LogP contribution in [0.15, 0.2) is 59.1 Å². The smallest absolute Gasteiger partial charge is 0.335 e. The Bertz CT molecular complexity index is 1060. The molecule has 0 aliphatic heterocycles. The Kier molecular flexibility index (Phi) is 6.77. The van der Waals surface area contributed by atoms with Crippen LogP contribution in [-0.4, -0.2) is 11.1 Å². The highest BCUT2D eigenvalue weighted by atomic mass is 79.9. The minimum Gasteiger partial charge on any atom is -0.488 e. The average molecular weight is 479 g/mol. The maximum Gasteiger partial charge on any atom is 0.335 e. The fraction of sp³-hybridized carbons (Fsp3) is 0.136. The van der Waals surface area contributed by atoms with Crippen LogP contribution >= 0.6 is 27.5 Å². The molecule has 0 aromatic heterocycles. The van der Waals surface area contributed by atoms with Gasteiger partial charge in [-0.1, -0.05) is 39.7 Å². The summed E-state index contributed by atoms with van der Waals surface area (Å²) in [6.45, 7) is 2.53. The lowest BCUT2D eigenvalue weighted by Gasteiger charge is -2.15. The largest absolute Gasteiger partial charge is 0.488 e. The molecule has 0 heterocycles. The SMILES string of the molecule is Cc1ccc(C(=O)O)cc1NCc1cc(Br)ccc1OCc1ccc(F)cc1Cl. The zero-order chi connectivity index (χ0) is 21.0. The Labute approximate surface area is 181 Å². The Morgan fingerprint density at radius 3 is 2.66 bits per heavy atom. The van der Waals surface area contributed by atoms with Gasteiger partial charge in [-0.05, 0) is 55.0 Å². The summed E-state index contributed by atoms with van der Waals surface area (Å²) >= 11 is 9.53. The number of hydrogen-bond donors (Lipinski definition) is 2. The normalized spacial score (nSPS) is 10.6. The Hall–Kier alpha value is -2.57. The van der Waals surface area contributed by atoms with Gasteiger partial charge in [0.1, 0.15) is 18.2 Å². The van der Waals surface area contributed by atoms with Crippen LogP contribution in [-0.2, 0) is 13.2 Å². The molecule has 0 saturated heterocycles. The van der Waals surface area contributed by atoms with Crippen LogP contribution in [0.1, 0.15) is 27.0 Å². The second-order valence-corrected chi connectivity index (χ2v) is 7.79. The van der Waals surface area contributed by atoms with Gasteiger partial charge < -0.3 is 15.2 Å². The molecule has 29 heavy (non-hydrogen) atoms. The number of carboxylic acid groups (broad SMARTS) is 1. The molecule has 2 N–H and O–H groups in total. The Morgan fingerprint density at radius 1 is 1.14 bits per heavy atom. The van der Waals surface area contributed by atoms with Crippen molar-refractivity contribution >= 4 is 39.2 Å². The first-order valence-corrected chi connectivity index (χ1v) is 9.93. The van der Waals surface area contributed by atoms with Crippen molar-refractivity contribution < 1.29 is 19.0 Å². The van der Waals surface area contributed by atoms with Gasteiger partial charge in [-0.2, -0.15) is 0 Å². The van der Waals surface area contributed by atoms with Gasteiger partial charge in [-0.3, -0.25) is 0 Å². The molecule has 0 atom stereocenters. The number of rotatable bonds is 7. The lowest BCUT2D eigenvalue weighted by Crippen LogP contribution is -2.06. The molecule has 0 fully saturated rings. The van der Waals surface area contributed by atoms with E-state index in [1.807, 2.05) is 25.1 Å². The number of nitrogens with one attached hydrogen (secondary N) is 1. The quantitative estimate of drug-likeness (QED) is 0.410. The highest BCUT2D eigenvalue weighted by molar-refractivity contribution is 9.10. The molecule has 0 aliphatic rings. The highest BCUT2D eigenvalue weighted by Gasteiger charge is 2.10. The van der Waals surface area contributed by atoms with Crippen LogP contribution in [0.4, 0.5) is 10.1 Å². The van der Waals surface area contributed by atoms with Crippen molar-refractivity contribution in [1.29, 1.82) is 0 Å². The molecule has 3 aromatic rings. The first kappa shape index (κ1) is 21.1. The van der Waals surface area contributed by atoms with Crippen LogP contribution in [0.25, 0.3) is 0 Å². The molecule has 4 nitrogen and oxygen atoms in total. The summed E-state index contributed by atoms with van der Waals surface area (Å²) < 4.78 is 20.0. The number of halogens is 3. The van der Waals surface area contributed by atoms with Gasteiger partial charge in [0.2, 0.25) is 0 Å². The third-order valence-electron chi connectivity index (χ3n) is 4.37. The van der Waals surface area contributed by atoms with Crippen LogP contribution in [0, 0.1) is 12.7 Å². The zero-order valence-electron chi connectivity index (χ0n) is 15.5. The molecule has 0 saturated carbocycles. The van der Waals surface area contributed by atoms with E-state index in [9.17, 15) is 14.3 Å². The van der Waals surface area contributed by atoms with Crippen molar-refractivity contribution in [1.82, 2.24) is 0 Å². The molecule has 0 radical (unpaired) electrons. The molecule has 0 unspecified atom stereocenters. The zero-order valence-corrected chi connectivity index (χ0v) is 17.8. The van der Waals surface area contributed by atoms with Crippen molar-refractivity contribution in [3.63, 3.8) is 0 Å². The molecule has 0 bridgehead atoms. The predicted molar refractivity (Wildman–Crippen MR) is 115 cm³/mol. The summed E-state index contributed by atoms with van der Waals surface area (Å²) in [5, 5.41) is 12.8. The summed E-state index contributed by atoms with van der Waals surface area (Å²) in [5.74, 6) is -0.727. The van der Waals surface area contributed by atoms with Crippen molar-refractivity contribution in [3.05, 3.63) is 92.2 Å². The Balaban J connectivity index is 1.77. The second-order valence-electron chi connectivity index (χ2n) is 6.46. The van der Waals surface area contributed by atoms with Gasteiger partial charge in [0.25, 0.3) is 0 Å². The number of aromatic carboxylic acids is 1. The van der Waals surface area contributed by atoms with Crippen molar-refractivity contribution in [2.75, 3.05) is 5.32 Å². The number of aryl methyl sites for hydroxylation is 1. The minimum atomic E-state index is -0.976. The molecule has 150 valence electrons. The molecular formula is C22H18BrClFNO3. The summed E-state index contributed by atoms with van der Waals surface area (Å²) in [7, 11) is 0. The Morgan fingerprint density at radius 2 is 1.93 bits per heavy atom. The monoisotopic (exact) mass is 477 g/mol. The van der Waals surface area contributed by atoms with E-state index in [1.54, 1.807) is 24.3 Å². The van der Waals surface area contributed by atoms with E-state index in [-0.39, 0.29) is 12.2 Å². The number of carbonyl (C=O) groups is 1. The van der Waals surface area contributed by atoms with Gasteiger partial charge in [-0.15, -0.1) is 0 Å². The maximum atomic E-state index is 13.2. The van der Waals surface area contributed by atoms with Gasteiger partial charge in [0, 0.05) is 27.8 Å². The number of hydrogen-bond acceptors (Lipinski definition) is 3. The average Bonchev–Trinajstić information content (AvgIpc) is 2.67. The van der Waals surface area contributed by atoms with Gasteiger partial charge >= 0.3 is 5.97 Å². The lowest BCUT2D eigenvalue weighted by atomic mass is 10.1. The molecule has 0 spiro atoms. The van der Waals surface area contributed by atoms with Gasteiger partial charge in [0.15, 0.2) is 0 Å². The van der Waals surface area contributed by atoms with Crippen LogP contribution in [0.2, 0.25) is 5.02 Å². The number of anilines is 1. The van der Waals surface area contributed by atoms with Crippen LogP contribution in [0.3, 0.4) is 0 Å². The van der Waals surface area contributed by atoms with E-state index in [0.717, 1.165) is 21.3 Å². The molecule has 3 aromatic carbocycles. The minimum absolute atomic E-state index is 0.196. The molecule has 3 rings (SSSR count). The summed E-state index contributed by atoms with van der Waals surface area (Å²) in [5.41, 5.74) is 3.44. The number of benzene rings is 3. The first-order valence-electron chi connectivity index (χ1n) is 8.76. The van der Waals surface area contributed by atoms with Crippen LogP contribution < -0.4 is 10.1 Å². The fourth-order valence-corrected chi connectivity index (χ4v) is 3.39. The molecule has 0 amide bonds. The van der Waals surface area contributed by atoms with Crippen molar-refractivity contribution in [2.24, 2.45) is 0 Å². The predicted octanol–water partition coefficient (Wildman–Crippen LogP) is 6.44. The second kappa shape index (κ2) is 9.29. The van der Waals surface area contributed by atoms with E-state index in [4.69, 9.17) is 16.3 Å². The van der Waals surface area contributed by atoms with Gasteiger partial charge in [0.05, 0.1) is 10.6 Å². The standard InChI is InChI=1S/C22H18BrClFNO3/c1-13-2-3-14(22(27)28)9-20(13)26-11-16-8-17(23)5-7-21(16)29-12-15-4-6-18(25)10-19(15)24/h2-10,26H,11-12H2,1H3,(H,27,28). The number of carboxylic acids is 1. The van der Waals surface area contributed by atoms with E-state index in [0.29, 0.717) is 22.9 Å². The van der Waals surface area contributed by atoms with Gasteiger partial charge in [-0.25, -0.2) is 9.18 Å². The highest BCUT2D eigenvalue weighted by Crippen LogP contribution is 2.27. The maximum absolute atomic E-state index is 13.2. The van der Waals surface area contributed by atoms with Crippen LogP contribution in [0.5, 0.6) is 5.75 Å². The molecule has 0 aliphatic carbocycles. The topological polar surface area (TPSA) is 58.6 Å². The first-order chi connectivity index (χ1) is 13.8. The number of ether oxygens (including phenoxy) is 1. The van der Waals surface area contributed by atoms with E-state index < -0.39 is 11.8 Å². The third-order valence-corrected chi connectivity index (χ3v) is 5.22. The fourth-order valence-electron chi connectivity index (χ4n) is 2.76. The third kappa shape index (κ3) is 5.49. The van der Waals surface area contributed by atoms with E-state index in [2.05, 4.69) is 21.2 Å². The lowest BCUT2D eigenvalue weighted by molar-refractivity contribution is 0.0697. The van der Waals surface area contributed by atoms with E-state index in [1.165, 1.54) is 12.1 Å². The van der Waals surface area contributed by atoms with Crippen molar-refractivity contribution in [3.8, 4) is 5.75 Å². The van der Waals surface area contributed by atoms with E-state index >= 15 is 0 Å². The van der Waals surface area contributed by atoms with Crippen molar-refractivity contribution in [2.45, 2.75) is 20.1 Å². The molecular weight excluding hydrogens is 461 g/mol. The summed E-state index contributed by atoms with van der Waals surface area (Å²) in [6.07, 6.45) is 0. The summed E-state index contributed by atoms with van der Waals surface area (Å²) in [6, 6.07) is 14.7.